The second kappa shape index (κ2) is 6.11. The zero-order valence-electron chi connectivity index (χ0n) is 11.6. The maximum atomic E-state index is 10.2. The molecule has 2 heterocycles. The van der Waals surface area contributed by atoms with Crippen LogP contribution in [-0.2, 0) is 4.74 Å². The standard InChI is InChI=1S/C14H17N3O5/c18-6-9-11(20)12(21)14(22-9)17-7-15-13(16-17)10(19)8-4-2-1-3-5-8/h1-5,7,9-12,14,18-21H,6H2/t9-,10?,11?,12?,14-/m1/s1. The van der Waals surface area contributed by atoms with Gasteiger partial charge in [-0.3, -0.25) is 0 Å². The number of hydrogen-bond donors (Lipinski definition) is 4. The van der Waals surface area contributed by atoms with Crippen LogP contribution >= 0.6 is 0 Å². The van der Waals surface area contributed by atoms with Crippen molar-refractivity contribution in [2.24, 2.45) is 0 Å². The topological polar surface area (TPSA) is 121 Å². The summed E-state index contributed by atoms with van der Waals surface area (Å²) in [5, 5.41) is 43.1. The number of aliphatic hydroxyl groups is 4. The van der Waals surface area contributed by atoms with Crippen LogP contribution in [0, 0.1) is 0 Å². The predicted octanol–water partition coefficient (Wildman–Crippen LogP) is -1.03. The average molecular weight is 307 g/mol. The minimum absolute atomic E-state index is 0.156. The highest BCUT2D eigenvalue weighted by molar-refractivity contribution is 5.21. The Morgan fingerprint density at radius 1 is 1.18 bits per heavy atom. The van der Waals surface area contributed by atoms with Crippen LogP contribution in [0.5, 0.6) is 0 Å². The second-order valence-electron chi connectivity index (χ2n) is 5.12. The van der Waals surface area contributed by atoms with Crippen LogP contribution < -0.4 is 0 Å². The van der Waals surface area contributed by atoms with Gasteiger partial charge in [0.05, 0.1) is 6.61 Å². The summed E-state index contributed by atoms with van der Waals surface area (Å²) in [6, 6.07) is 8.92. The van der Waals surface area contributed by atoms with Gasteiger partial charge in [-0.1, -0.05) is 30.3 Å². The van der Waals surface area contributed by atoms with E-state index < -0.39 is 37.3 Å². The van der Waals surface area contributed by atoms with E-state index in [2.05, 4.69) is 10.1 Å². The fourth-order valence-corrected chi connectivity index (χ4v) is 2.42. The average Bonchev–Trinajstić information content (AvgIpc) is 3.14. The number of ether oxygens (including phenoxy) is 1. The fourth-order valence-electron chi connectivity index (χ4n) is 2.42. The van der Waals surface area contributed by atoms with Crippen molar-refractivity contribution in [3.05, 3.63) is 48.0 Å². The molecule has 1 saturated heterocycles. The van der Waals surface area contributed by atoms with Crippen LogP contribution in [-0.4, -0.2) is 60.1 Å². The first-order chi connectivity index (χ1) is 10.6. The lowest BCUT2D eigenvalue weighted by Gasteiger charge is -2.14. The lowest BCUT2D eigenvalue weighted by Crippen LogP contribution is -2.33. The van der Waals surface area contributed by atoms with E-state index in [-0.39, 0.29) is 5.82 Å². The quantitative estimate of drug-likeness (QED) is 0.570. The Kier molecular flexibility index (Phi) is 4.19. The molecule has 0 saturated carbocycles. The van der Waals surface area contributed by atoms with Gasteiger partial charge < -0.3 is 25.2 Å². The SMILES string of the molecule is OC[C@H]1O[C@@H](n2cnc(C(O)c3ccccc3)n2)C(O)C1O. The first-order valence-corrected chi connectivity index (χ1v) is 6.88. The van der Waals surface area contributed by atoms with Gasteiger partial charge in [0.25, 0.3) is 0 Å². The first kappa shape index (κ1) is 15.1. The van der Waals surface area contributed by atoms with Gasteiger partial charge in [0.2, 0.25) is 0 Å². The summed E-state index contributed by atoms with van der Waals surface area (Å²) in [5.41, 5.74) is 0.640. The minimum Gasteiger partial charge on any atom is -0.394 e. The molecule has 0 radical (unpaired) electrons. The largest absolute Gasteiger partial charge is 0.394 e. The second-order valence-corrected chi connectivity index (χ2v) is 5.12. The van der Waals surface area contributed by atoms with Crippen molar-refractivity contribution in [2.45, 2.75) is 30.6 Å². The fraction of sp³-hybridized carbons (Fsp3) is 0.429. The molecule has 5 atom stereocenters. The molecule has 1 aromatic heterocycles. The molecule has 3 unspecified atom stereocenters. The van der Waals surface area contributed by atoms with Crippen LogP contribution in [0.1, 0.15) is 23.7 Å². The monoisotopic (exact) mass is 307 g/mol. The maximum Gasteiger partial charge on any atom is 0.183 e. The van der Waals surface area contributed by atoms with E-state index in [0.717, 1.165) is 0 Å². The summed E-state index contributed by atoms with van der Waals surface area (Å²) < 4.78 is 6.58. The molecule has 8 nitrogen and oxygen atoms in total. The molecule has 1 fully saturated rings. The van der Waals surface area contributed by atoms with Crippen LogP contribution in [0.3, 0.4) is 0 Å². The highest BCUT2D eigenvalue weighted by atomic mass is 16.6. The third kappa shape index (κ3) is 2.62. The predicted molar refractivity (Wildman–Crippen MR) is 73.5 cm³/mol. The summed E-state index contributed by atoms with van der Waals surface area (Å²) in [5.74, 6) is 0.156. The van der Waals surface area contributed by atoms with Crippen LogP contribution in [0.25, 0.3) is 0 Å². The van der Waals surface area contributed by atoms with Gasteiger partial charge in [0.1, 0.15) is 30.7 Å². The van der Waals surface area contributed by atoms with E-state index in [1.165, 1.54) is 11.0 Å². The van der Waals surface area contributed by atoms with Crippen molar-refractivity contribution in [1.29, 1.82) is 0 Å². The lowest BCUT2D eigenvalue weighted by molar-refractivity contribution is -0.0591. The van der Waals surface area contributed by atoms with Crippen molar-refractivity contribution in [1.82, 2.24) is 14.8 Å². The highest BCUT2D eigenvalue weighted by Gasteiger charge is 2.44. The number of aromatic nitrogens is 3. The molecule has 2 aromatic rings. The number of benzene rings is 1. The number of hydrogen-bond acceptors (Lipinski definition) is 7. The van der Waals surface area contributed by atoms with Crippen molar-refractivity contribution >= 4 is 0 Å². The molecule has 0 amide bonds. The van der Waals surface area contributed by atoms with Crippen molar-refractivity contribution in [3.63, 3.8) is 0 Å². The Hall–Kier alpha value is -1.84. The molecule has 8 heteroatoms. The van der Waals surface area contributed by atoms with Crippen molar-refractivity contribution in [2.75, 3.05) is 6.61 Å². The molecule has 0 spiro atoms. The first-order valence-electron chi connectivity index (χ1n) is 6.88. The summed E-state index contributed by atoms with van der Waals surface area (Å²) in [6.07, 6.45) is -3.98. The number of aliphatic hydroxyl groups excluding tert-OH is 4. The van der Waals surface area contributed by atoms with Crippen LogP contribution in [0.4, 0.5) is 0 Å². The van der Waals surface area contributed by atoms with Gasteiger partial charge in [-0.05, 0) is 5.56 Å². The molecule has 118 valence electrons. The minimum atomic E-state index is -1.24. The van der Waals surface area contributed by atoms with Crippen molar-refractivity contribution in [3.8, 4) is 0 Å². The summed E-state index contributed by atoms with van der Waals surface area (Å²) in [6.45, 7) is -0.414. The Balaban J connectivity index is 1.80. The summed E-state index contributed by atoms with van der Waals surface area (Å²) in [4.78, 5) is 4.01. The van der Waals surface area contributed by atoms with Gasteiger partial charge in [-0.15, -0.1) is 0 Å². The van der Waals surface area contributed by atoms with Gasteiger partial charge in [-0.2, -0.15) is 5.10 Å². The molecule has 1 aromatic carbocycles. The molecular formula is C14H17N3O5. The maximum absolute atomic E-state index is 10.2. The van der Waals surface area contributed by atoms with E-state index in [1.54, 1.807) is 24.3 Å². The molecule has 3 rings (SSSR count). The number of nitrogens with zero attached hydrogens (tertiary/aromatic N) is 3. The summed E-state index contributed by atoms with van der Waals surface area (Å²) in [7, 11) is 0. The number of rotatable bonds is 4. The Labute approximate surface area is 126 Å². The van der Waals surface area contributed by atoms with Crippen molar-refractivity contribution < 1.29 is 25.2 Å². The third-order valence-corrected chi connectivity index (χ3v) is 3.66. The van der Waals surface area contributed by atoms with E-state index >= 15 is 0 Å². The highest BCUT2D eigenvalue weighted by Crippen LogP contribution is 2.29. The Bertz CT molecular complexity index is 620. The molecular weight excluding hydrogens is 290 g/mol. The van der Waals surface area contributed by atoms with E-state index in [4.69, 9.17) is 9.84 Å². The molecule has 4 N–H and O–H groups in total. The van der Waals surface area contributed by atoms with Gasteiger partial charge >= 0.3 is 0 Å². The Morgan fingerprint density at radius 3 is 2.55 bits per heavy atom. The molecule has 0 bridgehead atoms. The van der Waals surface area contributed by atoms with Crippen LogP contribution in [0.15, 0.2) is 36.7 Å². The lowest BCUT2D eigenvalue weighted by atomic mass is 10.1. The van der Waals surface area contributed by atoms with E-state index in [9.17, 15) is 15.3 Å². The molecule has 0 aliphatic carbocycles. The molecule has 1 aliphatic rings. The smallest absolute Gasteiger partial charge is 0.183 e. The molecule has 22 heavy (non-hydrogen) atoms. The van der Waals surface area contributed by atoms with Crippen LogP contribution in [0.2, 0.25) is 0 Å². The third-order valence-electron chi connectivity index (χ3n) is 3.66. The normalized spacial score (nSPS) is 29.6. The van der Waals surface area contributed by atoms with E-state index in [1.807, 2.05) is 6.07 Å². The van der Waals surface area contributed by atoms with Gasteiger partial charge in [0.15, 0.2) is 12.1 Å². The zero-order valence-corrected chi connectivity index (χ0v) is 11.6. The Morgan fingerprint density at radius 2 is 1.91 bits per heavy atom. The van der Waals surface area contributed by atoms with Gasteiger partial charge in [-0.25, -0.2) is 9.67 Å². The van der Waals surface area contributed by atoms with Gasteiger partial charge in [0, 0.05) is 0 Å². The van der Waals surface area contributed by atoms with E-state index in [0.29, 0.717) is 5.56 Å². The zero-order chi connectivity index (χ0) is 15.7. The summed E-state index contributed by atoms with van der Waals surface area (Å²) >= 11 is 0. The molecule has 1 aliphatic heterocycles.